The molecule has 0 aliphatic carbocycles. The first-order valence-electron chi connectivity index (χ1n) is 6.81. The molecule has 2 unspecified atom stereocenters. The summed E-state index contributed by atoms with van der Waals surface area (Å²) < 4.78 is 39.6. The van der Waals surface area contributed by atoms with Crippen LogP contribution in [-0.2, 0) is 6.18 Å². The van der Waals surface area contributed by atoms with Gasteiger partial charge >= 0.3 is 6.18 Å². The van der Waals surface area contributed by atoms with E-state index in [1.54, 1.807) is 12.1 Å². The van der Waals surface area contributed by atoms with Gasteiger partial charge in [0.15, 0.2) is 0 Å². The van der Waals surface area contributed by atoms with Crippen molar-refractivity contribution in [3.8, 4) is 0 Å². The summed E-state index contributed by atoms with van der Waals surface area (Å²) in [4.78, 5) is 2.07. The molecule has 1 fully saturated rings. The monoisotopic (exact) mass is 286 g/mol. The van der Waals surface area contributed by atoms with Crippen molar-refractivity contribution in [3.05, 3.63) is 35.4 Å². The summed E-state index contributed by atoms with van der Waals surface area (Å²) in [6, 6.07) is 5.12. The molecule has 5 heteroatoms. The number of rotatable bonds is 1. The average Bonchev–Trinajstić information content (AvgIpc) is 2.69. The fourth-order valence-electron chi connectivity index (χ4n) is 2.98. The summed E-state index contributed by atoms with van der Waals surface area (Å²) in [5.74, 6) is 0. The number of nitrogens with zero attached hydrogens (tertiary/aromatic N) is 1. The van der Waals surface area contributed by atoms with Crippen LogP contribution in [0.5, 0.6) is 0 Å². The number of nitrogens with two attached hydrogens (primary N) is 1. The van der Waals surface area contributed by atoms with Crippen molar-refractivity contribution in [2.75, 3.05) is 6.54 Å². The molecule has 2 nitrogen and oxygen atoms in total. The Kier molecular flexibility index (Phi) is 3.86. The summed E-state index contributed by atoms with van der Waals surface area (Å²) in [5.41, 5.74) is 5.61. The van der Waals surface area contributed by atoms with Crippen LogP contribution in [0.4, 0.5) is 13.2 Å². The molecule has 0 bridgehead atoms. The van der Waals surface area contributed by atoms with Gasteiger partial charge in [0.05, 0.1) is 11.6 Å². The van der Waals surface area contributed by atoms with Crippen molar-refractivity contribution in [2.24, 2.45) is 5.73 Å². The number of hydrogen-bond acceptors (Lipinski definition) is 2. The minimum Gasteiger partial charge on any atom is -0.326 e. The van der Waals surface area contributed by atoms with Crippen LogP contribution in [0.15, 0.2) is 24.3 Å². The van der Waals surface area contributed by atoms with Crippen LogP contribution in [0.1, 0.15) is 44.4 Å². The van der Waals surface area contributed by atoms with Crippen LogP contribution >= 0.6 is 0 Å². The minimum absolute atomic E-state index is 0.211. The maximum Gasteiger partial charge on any atom is 0.416 e. The molecular formula is C15H21F3N2. The van der Waals surface area contributed by atoms with Crippen LogP contribution in [0.25, 0.3) is 0 Å². The van der Waals surface area contributed by atoms with Gasteiger partial charge in [-0.15, -0.1) is 0 Å². The van der Waals surface area contributed by atoms with Crippen LogP contribution in [-0.4, -0.2) is 23.0 Å². The molecule has 0 amide bonds. The third-order valence-corrected chi connectivity index (χ3v) is 3.89. The van der Waals surface area contributed by atoms with E-state index in [1.807, 2.05) is 20.8 Å². The lowest BCUT2D eigenvalue weighted by atomic mass is 9.93. The Morgan fingerprint density at radius 2 is 1.75 bits per heavy atom. The second-order valence-corrected chi connectivity index (χ2v) is 6.35. The second kappa shape index (κ2) is 5.04. The largest absolute Gasteiger partial charge is 0.416 e. The predicted octanol–water partition coefficient (Wildman–Crippen LogP) is 3.58. The van der Waals surface area contributed by atoms with Gasteiger partial charge in [0.25, 0.3) is 0 Å². The smallest absolute Gasteiger partial charge is 0.326 e. The molecule has 1 aromatic rings. The molecule has 20 heavy (non-hydrogen) atoms. The van der Waals surface area contributed by atoms with Crippen molar-refractivity contribution in [1.29, 1.82) is 0 Å². The van der Waals surface area contributed by atoms with Gasteiger partial charge in [-0.1, -0.05) is 18.2 Å². The SMILES string of the molecule is CC(C)(C)N1CCC(N)C1c1ccccc1C(F)(F)F. The number of likely N-dealkylation sites (tertiary alicyclic amines) is 1. The topological polar surface area (TPSA) is 29.3 Å². The highest BCUT2D eigenvalue weighted by Gasteiger charge is 2.43. The zero-order valence-electron chi connectivity index (χ0n) is 12.0. The maximum absolute atomic E-state index is 13.2. The Morgan fingerprint density at radius 1 is 1.15 bits per heavy atom. The first kappa shape index (κ1) is 15.3. The molecule has 2 rings (SSSR count). The molecule has 2 atom stereocenters. The Morgan fingerprint density at radius 3 is 2.30 bits per heavy atom. The van der Waals surface area contributed by atoms with E-state index in [9.17, 15) is 13.2 Å². The van der Waals surface area contributed by atoms with Gasteiger partial charge in [0, 0.05) is 18.1 Å². The van der Waals surface area contributed by atoms with E-state index in [4.69, 9.17) is 5.73 Å². The van der Waals surface area contributed by atoms with E-state index in [0.717, 1.165) is 12.6 Å². The van der Waals surface area contributed by atoms with Gasteiger partial charge in [-0.05, 0) is 38.8 Å². The molecular weight excluding hydrogens is 265 g/mol. The van der Waals surface area contributed by atoms with Crippen molar-refractivity contribution >= 4 is 0 Å². The second-order valence-electron chi connectivity index (χ2n) is 6.35. The van der Waals surface area contributed by atoms with Gasteiger partial charge < -0.3 is 5.73 Å². The molecule has 2 N–H and O–H groups in total. The predicted molar refractivity (Wildman–Crippen MR) is 73.2 cm³/mol. The zero-order chi connectivity index (χ0) is 15.1. The van der Waals surface area contributed by atoms with E-state index in [1.165, 1.54) is 6.07 Å². The Balaban J connectivity index is 2.49. The number of hydrogen-bond donors (Lipinski definition) is 1. The lowest BCUT2D eigenvalue weighted by molar-refractivity contribution is -0.139. The van der Waals surface area contributed by atoms with E-state index in [2.05, 4.69) is 4.90 Å². The van der Waals surface area contributed by atoms with Crippen LogP contribution in [0.3, 0.4) is 0 Å². The highest BCUT2D eigenvalue weighted by Crippen LogP contribution is 2.42. The van der Waals surface area contributed by atoms with E-state index >= 15 is 0 Å². The van der Waals surface area contributed by atoms with Crippen LogP contribution < -0.4 is 5.73 Å². The lowest BCUT2D eigenvalue weighted by Crippen LogP contribution is -2.44. The maximum atomic E-state index is 13.2. The molecule has 1 heterocycles. The third-order valence-electron chi connectivity index (χ3n) is 3.89. The first-order valence-corrected chi connectivity index (χ1v) is 6.81. The summed E-state index contributed by atoms with van der Waals surface area (Å²) in [5, 5.41) is 0. The molecule has 112 valence electrons. The summed E-state index contributed by atoms with van der Waals surface area (Å²) in [6.07, 6.45) is -3.63. The molecule has 0 aromatic heterocycles. The number of benzene rings is 1. The molecule has 0 radical (unpaired) electrons. The molecule has 1 saturated heterocycles. The van der Waals surface area contributed by atoms with Crippen LogP contribution in [0.2, 0.25) is 0 Å². The molecule has 0 spiro atoms. The Hall–Kier alpha value is -1.07. The fraction of sp³-hybridized carbons (Fsp3) is 0.600. The van der Waals surface area contributed by atoms with Crippen molar-refractivity contribution in [1.82, 2.24) is 4.90 Å². The Labute approximate surface area is 117 Å². The summed E-state index contributed by atoms with van der Waals surface area (Å²) in [7, 11) is 0. The molecule has 0 saturated carbocycles. The zero-order valence-corrected chi connectivity index (χ0v) is 12.0. The first-order chi connectivity index (χ1) is 9.12. The molecule has 1 aliphatic rings. The highest BCUT2D eigenvalue weighted by molar-refractivity contribution is 5.34. The normalized spacial score (nSPS) is 25.1. The average molecular weight is 286 g/mol. The highest BCUT2D eigenvalue weighted by atomic mass is 19.4. The van der Waals surface area contributed by atoms with E-state index < -0.39 is 11.7 Å². The van der Waals surface area contributed by atoms with Gasteiger partial charge in [-0.3, -0.25) is 4.90 Å². The van der Waals surface area contributed by atoms with Gasteiger partial charge in [-0.2, -0.15) is 13.2 Å². The Bertz CT molecular complexity index is 477. The third kappa shape index (κ3) is 2.83. The van der Waals surface area contributed by atoms with Crippen molar-refractivity contribution < 1.29 is 13.2 Å². The molecule has 1 aromatic carbocycles. The summed E-state index contributed by atoms with van der Waals surface area (Å²) in [6.45, 7) is 6.75. The molecule has 1 aliphatic heterocycles. The standard InChI is InChI=1S/C15H21F3N2/c1-14(2,3)20-9-8-12(19)13(20)10-6-4-5-7-11(10)15(16,17)18/h4-7,12-13H,8-9,19H2,1-3H3. The van der Waals surface area contributed by atoms with E-state index in [0.29, 0.717) is 12.0 Å². The quantitative estimate of drug-likeness (QED) is 0.855. The van der Waals surface area contributed by atoms with E-state index in [-0.39, 0.29) is 17.6 Å². The lowest BCUT2D eigenvalue weighted by Gasteiger charge is -2.39. The van der Waals surface area contributed by atoms with Gasteiger partial charge in [0.1, 0.15) is 0 Å². The van der Waals surface area contributed by atoms with Crippen molar-refractivity contribution in [3.63, 3.8) is 0 Å². The minimum atomic E-state index is -4.34. The van der Waals surface area contributed by atoms with Crippen LogP contribution in [0, 0.1) is 0 Å². The van der Waals surface area contributed by atoms with Gasteiger partial charge in [-0.25, -0.2) is 0 Å². The van der Waals surface area contributed by atoms with Gasteiger partial charge in [0.2, 0.25) is 0 Å². The number of alkyl halides is 3. The summed E-state index contributed by atoms with van der Waals surface area (Å²) >= 11 is 0. The fourth-order valence-corrected chi connectivity index (χ4v) is 2.98. The van der Waals surface area contributed by atoms with Crippen molar-refractivity contribution in [2.45, 2.75) is 51.0 Å². The number of halogens is 3.